The van der Waals surface area contributed by atoms with Gasteiger partial charge in [-0.2, -0.15) is 0 Å². The van der Waals surface area contributed by atoms with Crippen LogP contribution in [-0.2, 0) is 0 Å². The third-order valence-electron chi connectivity index (χ3n) is 5.53. The molecule has 0 unspecified atom stereocenters. The minimum absolute atomic E-state index is 0.103. The molecule has 1 aliphatic rings. The van der Waals surface area contributed by atoms with Crippen molar-refractivity contribution in [2.24, 2.45) is 0 Å². The highest BCUT2D eigenvalue weighted by atomic mass is 16.2. The first-order valence-corrected chi connectivity index (χ1v) is 9.47. The highest BCUT2D eigenvalue weighted by Gasteiger charge is 2.23. The molecule has 0 radical (unpaired) electrons. The molecule has 0 saturated heterocycles. The number of carbonyl (C=O) groups excluding carboxylic acids is 1. The zero-order valence-electron chi connectivity index (χ0n) is 15.5. The number of benzene rings is 2. The summed E-state index contributed by atoms with van der Waals surface area (Å²) in [5.41, 5.74) is 3.72. The lowest BCUT2D eigenvalue weighted by Crippen LogP contribution is -2.38. The van der Waals surface area contributed by atoms with Crippen molar-refractivity contribution in [2.45, 2.75) is 45.1 Å². The normalized spacial score (nSPS) is 15.3. The van der Waals surface area contributed by atoms with E-state index in [0.29, 0.717) is 6.04 Å². The largest absolute Gasteiger partial charge is 0.339 e. The lowest BCUT2D eigenvalue weighted by molar-refractivity contribution is 0.0696. The molecular weight excluding hydrogens is 322 g/mol. The number of imidazole rings is 1. The number of fused-ring (bicyclic) bond motifs is 1. The second kappa shape index (κ2) is 6.94. The van der Waals surface area contributed by atoms with E-state index >= 15 is 0 Å². The summed E-state index contributed by atoms with van der Waals surface area (Å²) in [7, 11) is 1.94. The zero-order valence-corrected chi connectivity index (χ0v) is 15.5. The Morgan fingerprint density at radius 3 is 2.54 bits per heavy atom. The van der Waals surface area contributed by atoms with Crippen LogP contribution >= 0.6 is 0 Å². The molecule has 26 heavy (non-hydrogen) atoms. The van der Waals surface area contributed by atoms with Crippen LogP contribution in [0.2, 0.25) is 0 Å². The van der Waals surface area contributed by atoms with Gasteiger partial charge in [-0.05, 0) is 50.1 Å². The molecule has 1 aliphatic carbocycles. The molecule has 0 aliphatic heterocycles. The minimum Gasteiger partial charge on any atom is -0.339 e. The van der Waals surface area contributed by atoms with Gasteiger partial charge in [0.2, 0.25) is 0 Å². The van der Waals surface area contributed by atoms with Gasteiger partial charge in [-0.25, -0.2) is 4.98 Å². The predicted octanol–water partition coefficient (Wildman–Crippen LogP) is 4.74. The Morgan fingerprint density at radius 1 is 1.08 bits per heavy atom. The first-order valence-electron chi connectivity index (χ1n) is 9.47. The molecule has 4 heteroatoms. The number of amides is 1. The number of nitrogens with zero attached hydrogens (tertiary/aromatic N) is 3. The molecule has 0 atom stereocenters. The van der Waals surface area contributed by atoms with Crippen molar-refractivity contribution in [1.82, 2.24) is 14.5 Å². The van der Waals surface area contributed by atoms with E-state index in [4.69, 9.17) is 4.98 Å². The van der Waals surface area contributed by atoms with Gasteiger partial charge in [0.1, 0.15) is 5.82 Å². The van der Waals surface area contributed by atoms with E-state index in [1.165, 1.54) is 19.3 Å². The molecule has 0 N–H and O–H groups in total. The summed E-state index contributed by atoms with van der Waals surface area (Å²) in [6.45, 7) is 2.00. The standard InChI is InChI=1S/C22H25N3O/c1-16-23-20-15-17(22(26)24(2)18-9-5-3-6-10-18)13-14-21(20)25(16)19-11-7-4-8-12-19/h4,7-8,11-15,18H,3,5-6,9-10H2,1-2H3. The summed E-state index contributed by atoms with van der Waals surface area (Å²) in [4.78, 5) is 19.6. The van der Waals surface area contributed by atoms with Crippen molar-refractivity contribution in [3.63, 3.8) is 0 Å². The van der Waals surface area contributed by atoms with Crippen LogP contribution in [0.4, 0.5) is 0 Å². The van der Waals surface area contributed by atoms with E-state index in [1.807, 2.05) is 55.3 Å². The van der Waals surface area contributed by atoms with E-state index in [0.717, 1.165) is 41.0 Å². The molecule has 134 valence electrons. The number of carbonyl (C=O) groups is 1. The number of aryl methyl sites for hydroxylation is 1. The Kier molecular flexibility index (Phi) is 4.49. The summed E-state index contributed by atoms with van der Waals surface area (Å²) in [5.74, 6) is 1.03. The minimum atomic E-state index is 0.103. The van der Waals surface area contributed by atoms with Crippen molar-refractivity contribution < 1.29 is 4.79 Å². The molecule has 1 aromatic heterocycles. The Hall–Kier alpha value is -2.62. The number of rotatable bonds is 3. The quantitative estimate of drug-likeness (QED) is 0.686. The molecule has 1 heterocycles. The van der Waals surface area contributed by atoms with Gasteiger partial charge >= 0.3 is 0 Å². The topological polar surface area (TPSA) is 38.1 Å². The average molecular weight is 347 g/mol. The molecule has 0 bridgehead atoms. The van der Waals surface area contributed by atoms with E-state index in [9.17, 15) is 4.79 Å². The molecule has 1 amide bonds. The van der Waals surface area contributed by atoms with Crippen molar-refractivity contribution in [3.8, 4) is 5.69 Å². The van der Waals surface area contributed by atoms with Gasteiger partial charge in [0.05, 0.1) is 11.0 Å². The summed E-state index contributed by atoms with van der Waals surface area (Å²) >= 11 is 0. The lowest BCUT2D eigenvalue weighted by Gasteiger charge is -2.31. The molecule has 1 saturated carbocycles. The fourth-order valence-electron chi connectivity index (χ4n) is 4.07. The molecular formula is C22H25N3O. The average Bonchev–Trinajstić information content (AvgIpc) is 3.03. The maximum Gasteiger partial charge on any atom is 0.253 e. The van der Waals surface area contributed by atoms with Gasteiger partial charge in [-0.3, -0.25) is 9.36 Å². The van der Waals surface area contributed by atoms with Gasteiger partial charge in [0.15, 0.2) is 0 Å². The Balaban J connectivity index is 1.67. The second-order valence-electron chi connectivity index (χ2n) is 7.24. The van der Waals surface area contributed by atoms with E-state index in [-0.39, 0.29) is 5.91 Å². The Morgan fingerprint density at radius 2 is 1.81 bits per heavy atom. The number of para-hydroxylation sites is 1. The smallest absolute Gasteiger partial charge is 0.253 e. The number of hydrogen-bond donors (Lipinski definition) is 0. The molecule has 0 spiro atoms. The van der Waals surface area contributed by atoms with Gasteiger partial charge < -0.3 is 4.90 Å². The second-order valence-corrected chi connectivity index (χ2v) is 7.24. The summed E-state index contributed by atoms with van der Waals surface area (Å²) in [6, 6.07) is 16.5. The Bertz CT molecular complexity index is 923. The van der Waals surface area contributed by atoms with E-state index < -0.39 is 0 Å². The summed E-state index contributed by atoms with van der Waals surface area (Å²) in [5, 5.41) is 0. The SMILES string of the molecule is Cc1nc2cc(C(=O)N(C)C3CCCCC3)ccc2n1-c1ccccc1. The van der Waals surface area contributed by atoms with Crippen LogP contribution in [-0.4, -0.2) is 33.4 Å². The van der Waals surface area contributed by atoms with Crippen LogP contribution < -0.4 is 0 Å². The van der Waals surface area contributed by atoms with Crippen LogP contribution in [0.5, 0.6) is 0 Å². The monoisotopic (exact) mass is 347 g/mol. The summed E-state index contributed by atoms with van der Waals surface area (Å²) in [6.07, 6.45) is 5.98. The lowest BCUT2D eigenvalue weighted by atomic mass is 9.94. The number of aromatic nitrogens is 2. The third kappa shape index (κ3) is 3.00. The Labute approximate surface area is 154 Å². The summed E-state index contributed by atoms with van der Waals surface area (Å²) < 4.78 is 2.13. The first kappa shape index (κ1) is 16.8. The molecule has 3 aromatic rings. The predicted molar refractivity (Wildman–Crippen MR) is 105 cm³/mol. The van der Waals surface area contributed by atoms with Crippen LogP contribution in [0.25, 0.3) is 16.7 Å². The molecule has 4 nitrogen and oxygen atoms in total. The molecule has 1 fully saturated rings. The molecule has 2 aromatic carbocycles. The van der Waals surface area contributed by atoms with Gasteiger partial charge in [-0.1, -0.05) is 37.5 Å². The highest BCUT2D eigenvalue weighted by molar-refractivity contribution is 5.97. The number of hydrogen-bond acceptors (Lipinski definition) is 2. The van der Waals surface area contributed by atoms with Crippen LogP contribution in [0.3, 0.4) is 0 Å². The maximum absolute atomic E-state index is 12.9. The van der Waals surface area contributed by atoms with Gasteiger partial charge in [0, 0.05) is 24.3 Å². The van der Waals surface area contributed by atoms with Gasteiger partial charge in [0.25, 0.3) is 5.91 Å². The highest BCUT2D eigenvalue weighted by Crippen LogP contribution is 2.25. The van der Waals surface area contributed by atoms with E-state index in [2.05, 4.69) is 16.7 Å². The van der Waals surface area contributed by atoms with Crippen molar-refractivity contribution in [3.05, 3.63) is 59.9 Å². The van der Waals surface area contributed by atoms with Crippen LogP contribution in [0.1, 0.15) is 48.3 Å². The van der Waals surface area contributed by atoms with Crippen molar-refractivity contribution >= 4 is 16.9 Å². The molecule has 4 rings (SSSR count). The van der Waals surface area contributed by atoms with Crippen LogP contribution in [0, 0.1) is 6.92 Å². The van der Waals surface area contributed by atoms with Crippen molar-refractivity contribution in [1.29, 1.82) is 0 Å². The van der Waals surface area contributed by atoms with Gasteiger partial charge in [-0.15, -0.1) is 0 Å². The fraction of sp³-hybridized carbons (Fsp3) is 0.364. The third-order valence-corrected chi connectivity index (χ3v) is 5.53. The van der Waals surface area contributed by atoms with E-state index in [1.54, 1.807) is 0 Å². The maximum atomic E-state index is 12.9. The first-order chi connectivity index (χ1) is 12.6. The fourth-order valence-corrected chi connectivity index (χ4v) is 4.07. The van der Waals surface area contributed by atoms with Crippen LogP contribution in [0.15, 0.2) is 48.5 Å². The zero-order chi connectivity index (χ0) is 18.1. The van der Waals surface area contributed by atoms with Crippen molar-refractivity contribution in [2.75, 3.05) is 7.05 Å².